The van der Waals surface area contributed by atoms with Gasteiger partial charge in [0.25, 0.3) is 0 Å². The standard InChI is InChI=1S/C17H19N5O4S2/c1-12(23)19-13-3-5-15(6-4-13)28(25,26)21(2)11-16(24)18-9-14-10-22-7-8-27-17(22)20-14/h3-8,10H,9,11H2,1-2H3,(H,18,24)(H,19,23). The number of benzene rings is 1. The van der Waals surface area contributed by atoms with Crippen molar-refractivity contribution in [2.75, 3.05) is 18.9 Å². The fraction of sp³-hybridized carbons (Fsp3) is 0.235. The van der Waals surface area contributed by atoms with Crippen LogP contribution in [0.25, 0.3) is 4.96 Å². The summed E-state index contributed by atoms with van der Waals surface area (Å²) in [6.07, 6.45) is 3.68. The number of aromatic nitrogens is 2. The molecule has 9 nitrogen and oxygen atoms in total. The zero-order valence-corrected chi connectivity index (χ0v) is 16.9. The predicted molar refractivity (Wildman–Crippen MR) is 105 cm³/mol. The first-order valence-corrected chi connectivity index (χ1v) is 10.6. The molecule has 1 aromatic carbocycles. The molecule has 2 heterocycles. The van der Waals surface area contributed by atoms with Crippen LogP contribution in [0.1, 0.15) is 12.6 Å². The number of amides is 2. The average Bonchev–Trinajstić information content (AvgIpc) is 3.21. The molecule has 0 unspecified atom stereocenters. The summed E-state index contributed by atoms with van der Waals surface area (Å²) in [6, 6.07) is 5.75. The highest BCUT2D eigenvalue weighted by Gasteiger charge is 2.23. The molecule has 0 bridgehead atoms. The van der Waals surface area contributed by atoms with Gasteiger partial charge in [-0.2, -0.15) is 4.31 Å². The van der Waals surface area contributed by atoms with Crippen molar-refractivity contribution in [1.82, 2.24) is 19.0 Å². The number of fused-ring (bicyclic) bond motifs is 1. The molecule has 0 atom stereocenters. The first-order chi connectivity index (χ1) is 13.3. The number of likely N-dealkylation sites (N-methyl/N-ethyl adjacent to an activating group) is 1. The normalized spacial score (nSPS) is 11.7. The number of anilines is 1. The number of hydrogen-bond acceptors (Lipinski definition) is 6. The van der Waals surface area contributed by atoms with E-state index in [1.165, 1.54) is 49.6 Å². The molecular weight excluding hydrogens is 402 g/mol. The summed E-state index contributed by atoms with van der Waals surface area (Å²) >= 11 is 1.49. The third-order valence-corrected chi connectivity index (χ3v) is 6.45. The van der Waals surface area contributed by atoms with Crippen LogP contribution in [0.15, 0.2) is 46.9 Å². The molecule has 0 radical (unpaired) electrons. The molecule has 0 saturated heterocycles. The van der Waals surface area contributed by atoms with Crippen LogP contribution in [-0.2, 0) is 26.2 Å². The molecule has 0 fully saturated rings. The third kappa shape index (κ3) is 4.55. The van der Waals surface area contributed by atoms with Crippen molar-refractivity contribution in [2.24, 2.45) is 0 Å². The average molecular weight is 422 g/mol. The van der Waals surface area contributed by atoms with Crippen molar-refractivity contribution in [3.05, 3.63) is 47.7 Å². The minimum atomic E-state index is -3.83. The Morgan fingerprint density at radius 2 is 1.96 bits per heavy atom. The van der Waals surface area contributed by atoms with Gasteiger partial charge in [-0.15, -0.1) is 11.3 Å². The lowest BCUT2D eigenvalue weighted by Crippen LogP contribution is -2.38. The summed E-state index contributed by atoms with van der Waals surface area (Å²) in [5.41, 5.74) is 1.19. The first-order valence-electron chi connectivity index (χ1n) is 8.27. The number of nitrogens with zero attached hydrogens (tertiary/aromatic N) is 3. The van der Waals surface area contributed by atoms with Gasteiger partial charge in [0.2, 0.25) is 21.8 Å². The van der Waals surface area contributed by atoms with Gasteiger partial charge in [0, 0.05) is 37.4 Å². The second kappa shape index (κ2) is 8.09. The quantitative estimate of drug-likeness (QED) is 0.597. The van der Waals surface area contributed by atoms with Crippen LogP contribution in [0, 0.1) is 0 Å². The van der Waals surface area contributed by atoms with Gasteiger partial charge in [0.15, 0.2) is 4.96 Å². The minimum Gasteiger partial charge on any atom is -0.349 e. The Morgan fingerprint density at radius 3 is 2.61 bits per heavy atom. The van der Waals surface area contributed by atoms with E-state index in [0.717, 1.165) is 9.27 Å². The molecule has 11 heteroatoms. The number of hydrogen-bond donors (Lipinski definition) is 2. The number of nitrogens with one attached hydrogen (secondary N) is 2. The zero-order valence-electron chi connectivity index (χ0n) is 15.2. The van der Waals surface area contributed by atoms with E-state index in [1.807, 2.05) is 22.2 Å². The zero-order chi connectivity index (χ0) is 20.3. The van der Waals surface area contributed by atoms with Gasteiger partial charge in [-0.1, -0.05) is 0 Å². The van der Waals surface area contributed by atoms with E-state index in [9.17, 15) is 18.0 Å². The minimum absolute atomic E-state index is 0.0336. The van der Waals surface area contributed by atoms with Crippen LogP contribution in [0.3, 0.4) is 0 Å². The lowest BCUT2D eigenvalue weighted by molar-refractivity contribution is -0.121. The summed E-state index contributed by atoms with van der Waals surface area (Å²) < 4.78 is 28.0. The number of imidazole rings is 1. The molecular formula is C17H19N5O4S2. The Kier molecular flexibility index (Phi) is 5.77. The summed E-state index contributed by atoms with van der Waals surface area (Å²) in [5, 5.41) is 7.15. The van der Waals surface area contributed by atoms with Crippen molar-refractivity contribution in [3.8, 4) is 0 Å². The van der Waals surface area contributed by atoms with Crippen LogP contribution in [0.5, 0.6) is 0 Å². The molecule has 0 aliphatic heterocycles. The summed E-state index contributed by atoms with van der Waals surface area (Å²) in [7, 11) is -2.50. The monoisotopic (exact) mass is 421 g/mol. The maximum absolute atomic E-state index is 12.6. The highest BCUT2D eigenvalue weighted by atomic mass is 32.2. The smallest absolute Gasteiger partial charge is 0.243 e. The Hall–Kier alpha value is -2.76. The van der Waals surface area contributed by atoms with Gasteiger partial charge in [-0.3, -0.25) is 14.0 Å². The lowest BCUT2D eigenvalue weighted by atomic mass is 10.3. The van der Waals surface area contributed by atoms with Crippen LogP contribution >= 0.6 is 11.3 Å². The predicted octanol–water partition coefficient (Wildman–Crippen LogP) is 1.29. The van der Waals surface area contributed by atoms with Crippen molar-refractivity contribution in [1.29, 1.82) is 0 Å². The van der Waals surface area contributed by atoms with E-state index in [0.29, 0.717) is 11.4 Å². The number of thiazole rings is 1. The van der Waals surface area contributed by atoms with Crippen molar-refractivity contribution in [3.63, 3.8) is 0 Å². The fourth-order valence-corrected chi connectivity index (χ4v) is 4.33. The first kappa shape index (κ1) is 20.0. The molecule has 0 spiro atoms. The van der Waals surface area contributed by atoms with Gasteiger partial charge < -0.3 is 10.6 Å². The van der Waals surface area contributed by atoms with E-state index in [2.05, 4.69) is 15.6 Å². The molecule has 3 aromatic rings. The van der Waals surface area contributed by atoms with Gasteiger partial charge >= 0.3 is 0 Å². The Balaban J connectivity index is 1.58. The van der Waals surface area contributed by atoms with Crippen LogP contribution < -0.4 is 10.6 Å². The van der Waals surface area contributed by atoms with E-state index in [1.54, 1.807) is 0 Å². The molecule has 0 aliphatic rings. The molecule has 148 valence electrons. The van der Waals surface area contributed by atoms with Crippen LogP contribution in [0.4, 0.5) is 5.69 Å². The highest BCUT2D eigenvalue weighted by molar-refractivity contribution is 7.89. The van der Waals surface area contributed by atoms with Crippen molar-refractivity contribution < 1.29 is 18.0 Å². The molecule has 28 heavy (non-hydrogen) atoms. The number of carbonyl (C=O) groups is 2. The lowest BCUT2D eigenvalue weighted by Gasteiger charge is -2.17. The molecule has 0 aliphatic carbocycles. The second-order valence-electron chi connectivity index (χ2n) is 6.07. The molecule has 2 N–H and O–H groups in total. The molecule has 2 aromatic heterocycles. The van der Waals surface area contributed by atoms with E-state index in [4.69, 9.17) is 0 Å². The summed E-state index contributed by atoms with van der Waals surface area (Å²) in [6.45, 7) is 1.26. The highest BCUT2D eigenvalue weighted by Crippen LogP contribution is 2.17. The van der Waals surface area contributed by atoms with Gasteiger partial charge in [0.05, 0.1) is 23.7 Å². The van der Waals surface area contributed by atoms with Crippen LogP contribution in [0.2, 0.25) is 0 Å². The van der Waals surface area contributed by atoms with Gasteiger partial charge in [0.1, 0.15) is 0 Å². The Bertz CT molecular complexity index is 1070. The molecule has 2 amide bonds. The van der Waals surface area contributed by atoms with E-state index < -0.39 is 15.9 Å². The third-order valence-electron chi connectivity index (χ3n) is 3.86. The summed E-state index contributed by atoms with van der Waals surface area (Å²) in [5.74, 6) is -0.681. The maximum atomic E-state index is 12.6. The van der Waals surface area contributed by atoms with E-state index in [-0.39, 0.29) is 23.9 Å². The fourth-order valence-electron chi connectivity index (χ4n) is 2.49. The van der Waals surface area contributed by atoms with E-state index >= 15 is 0 Å². The molecule has 0 saturated carbocycles. The maximum Gasteiger partial charge on any atom is 0.243 e. The molecule has 3 rings (SSSR count). The Morgan fingerprint density at radius 1 is 1.25 bits per heavy atom. The largest absolute Gasteiger partial charge is 0.349 e. The van der Waals surface area contributed by atoms with Gasteiger partial charge in [-0.05, 0) is 24.3 Å². The van der Waals surface area contributed by atoms with Crippen molar-refractivity contribution in [2.45, 2.75) is 18.4 Å². The number of carbonyl (C=O) groups excluding carboxylic acids is 2. The van der Waals surface area contributed by atoms with Gasteiger partial charge in [-0.25, -0.2) is 13.4 Å². The van der Waals surface area contributed by atoms with Crippen molar-refractivity contribution >= 4 is 43.8 Å². The number of sulfonamides is 1. The second-order valence-corrected chi connectivity index (χ2v) is 8.99. The summed E-state index contributed by atoms with van der Waals surface area (Å²) in [4.78, 5) is 28.4. The SMILES string of the molecule is CC(=O)Nc1ccc(S(=O)(=O)N(C)CC(=O)NCc2cn3ccsc3n2)cc1. The van der Waals surface area contributed by atoms with Crippen LogP contribution in [-0.4, -0.2) is 47.5 Å². The Labute approximate surface area is 166 Å². The number of rotatable bonds is 7. The topological polar surface area (TPSA) is 113 Å².